The van der Waals surface area contributed by atoms with Gasteiger partial charge in [0, 0.05) is 23.7 Å². The molecule has 23 heavy (non-hydrogen) atoms. The number of aryl methyl sites for hydroxylation is 1. The lowest BCUT2D eigenvalue weighted by atomic mass is 10.1. The van der Waals surface area contributed by atoms with E-state index >= 15 is 0 Å². The van der Waals surface area contributed by atoms with Crippen molar-refractivity contribution in [2.24, 2.45) is 0 Å². The summed E-state index contributed by atoms with van der Waals surface area (Å²) < 4.78 is 12.6. The summed E-state index contributed by atoms with van der Waals surface area (Å²) in [7, 11) is 0. The number of hydrogen-bond acceptors (Lipinski definition) is 4. The fourth-order valence-electron chi connectivity index (χ4n) is 2.51. The summed E-state index contributed by atoms with van der Waals surface area (Å²) in [4.78, 5) is 24.1. The molecule has 2 rings (SSSR count). The van der Waals surface area contributed by atoms with Crippen LogP contribution in [0.1, 0.15) is 56.9 Å². The Morgan fingerprint density at radius 1 is 1.30 bits per heavy atom. The first-order chi connectivity index (χ1) is 10.6. The topological polar surface area (TPSA) is 73.5 Å². The third-order valence-corrected chi connectivity index (χ3v) is 3.22. The Hall–Kier alpha value is -2.24. The van der Waals surface area contributed by atoms with Crippen LogP contribution in [0.5, 0.6) is 0 Å². The molecule has 0 aliphatic rings. The standard InChI is InChI=1S/C17H24N2O4/c1-10(2)19-12-7-11(3)23-14(12)8-13(19)16(21)22-9-15(20)18-17(4,5)6/h7-8,10H,9H2,1-6H3,(H,18,20). The number of rotatable bonds is 4. The number of hydrogen-bond donors (Lipinski definition) is 1. The van der Waals surface area contributed by atoms with Gasteiger partial charge in [-0.1, -0.05) is 0 Å². The summed E-state index contributed by atoms with van der Waals surface area (Å²) >= 11 is 0. The highest BCUT2D eigenvalue weighted by atomic mass is 16.5. The Morgan fingerprint density at radius 3 is 2.52 bits per heavy atom. The summed E-state index contributed by atoms with van der Waals surface area (Å²) in [6.07, 6.45) is 0. The largest absolute Gasteiger partial charge is 0.460 e. The summed E-state index contributed by atoms with van der Waals surface area (Å²) in [5, 5.41) is 2.75. The number of nitrogens with zero attached hydrogens (tertiary/aromatic N) is 1. The fourth-order valence-corrected chi connectivity index (χ4v) is 2.51. The average Bonchev–Trinajstić information content (AvgIpc) is 2.88. The molecule has 0 radical (unpaired) electrons. The highest BCUT2D eigenvalue weighted by Crippen LogP contribution is 2.27. The number of fused-ring (bicyclic) bond motifs is 1. The molecule has 6 heteroatoms. The molecule has 1 N–H and O–H groups in total. The predicted octanol–water partition coefficient (Wildman–Crippen LogP) is 3.20. The Balaban J connectivity index is 2.16. The predicted molar refractivity (Wildman–Crippen MR) is 87.5 cm³/mol. The number of nitrogens with one attached hydrogen (secondary N) is 1. The van der Waals surface area contributed by atoms with Crippen LogP contribution in [0.3, 0.4) is 0 Å². The molecule has 0 unspecified atom stereocenters. The van der Waals surface area contributed by atoms with Crippen molar-refractivity contribution >= 4 is 23.0 Å². The summed E-state index contributed by atoms with van der Waals surface area (Å²) in [5.74, 6) is -0.0753. The van der Waals surface area contributed by atoms with Crippen molar-refractivity contribution in [3.8, 4) is 0 Å². The lowest BCUT2D eigenvalue weighted by Gasteiger charge is -2.20. The molecule has 126 valence electrons. The Morgan fingerprint density at radius 2 is 1.96 bits per heavy atom. The molecule has 0 bridgehead atoms. The van der Waals surface area contributed by atoms with Gasteiger partial charge in [0.1, 0.15) is 11.5 Å². The van der Waals surface area contributed by atoms with Crippen molar-refractivity contribution in [3.63, 3.8) is 0 Å². The molecule has 0 atom stereocenters. The third kappa shape index (κ3) is 3.94. The number of furan rings is 1. The van der Waals surface area contributed by atoms with Gasteiger partial charge in [0.2, 0.25) is 0 Å². The lowest BCUT2D eigenvalue weighted by molar-refractivity contribution is -0.125. The average molecular weight is 320 g/mol. The maximum absolute atomic E-state index is 12.3. The Bertz CT molecular complexity index is 732. The quantitative estimate of drug-likeness (QED) is 0.878. The zero-order valence-corrected chi connectivity index (χ0v) is 14.5. The van der Waals surface area contributed by atoms with E-state index in [2.05, 4.69) is 5.32 Å². The van der Waals surface area contributed by atoms with Crippen molar-refractivity contribution in [1.82, 2.24) is 9.88 Å². The molecule has 0 fully saturated rings. The second-order valence-electron chi connectivity index (χ2n) is 6.97. The first kappa shape index (κ1) is 17.1. The first-order valence-corrected chi connectivity index (χ1v) is 7.68. The fraction of sp³-hybridized carbons (Fsp3) is 0.529. The van der Waals surface area contributed by atoms with Crippen molar-refractivity contribution in [1.29, 1.82) is 0 Å². The zero-order valence-electron chi connectivity index (χ0n) is 14.5. The molecular weight excluding hydrogens is 296 g/mol. The van der Waals surface area contributed by atoms with E-state index in [4.69, 9.17) is 9.15 Å². The van der Waals surface area contributed by atoms with E-state index in [-0.39, 0.29) is 24.1 Å². The van der Waals surface area contributed by atoms with Crippen LogP contribution in [0.4, 0.5) is 0 Å². The van der Waals surface area contributed by atoms with Gasteiger partial charge in [-0.2, -0.15) is 0 Å². The van der Waals surface area contributed by atoms with Crippen molar-refractivity contribution in [2.75, 3.05) is 6.61 Å². The van der Waals surface area contributed by atoms with Crippen LogP contribution in [0.25, 0.3) is 11.1 Å². The maximum atomic E-state index is 12.3. The van der Waals surface area contributed by atoms with Gasteiger partial charge in [-0.25, -0.2) is 4.79 Å². The minimum Gasteiger partial charge on any atom is -0.460 e. The number of amides is 1. The highest BCUT2D eigenvalue weighted by Gasteiger charge is 2.22. The van der Waals surface area contributed by atoms with Gasteiger partial charge in [-0.15, -0.1) is 0 Å². The molecule has 1 amide bonds. The van der Waals surface area contributed by atoms with Crippen molar-refractivity contribution in [2.45, 2.75) is 53.1 Å². The minimum absolute atomic E-state index is 0.0652. The van der Waals surface area contributed by atoms with Crippen LogP contribution >= 0.6 is 0 Å². The number of aromatic nitrogens is 1. The molecule has 0 saturated heterocycles. The second-order valence-corrected chi connectivity index (χ2v) is 6.97. The summed E-state index contributed by atoms with van der Waals surface area (Å²) in [5.41, 5.74) is 1.52. The zero-order chi connectivity index (χ0) is 17.4. The molecule has 6 nitrogen and oxygen atoms in total. The van der Waals surface area contributed by atoms with Gasteiger partial charge < -0.3 is 19.0 Å². The minimum atomic E-state index is -0.535. The van der Waals surface area contributed by atoms with Crippen LogP contribution < -0.4 is 5.32 Å². The number of ether oxygens (including phenoxy) is 1. The molecular formula is C17H24N2O4. The van der Waals surface area contributed by atoms with Gasteiger partial charge in [0.15, 0.2) is 12.2 Å². The Labute approximate surface area is 135 Å². The van der Waals surface area contributed by atoms with E-state index < -0.39 is 5.97 Å². The number of carbonyl (C=O) groups is 2. The molecule has 0 saturated carbocycles. The van der Waals surface area contributed by atoms with E-state index in [0.29, 0.717) is 11.3 Å². The monoisotopic (exact) mass is 320 g/mol. The van der Waals surface area contributed by atoms with Crippen molar-refractivity contribution in [3.05, 3.63) is 23.6 Å². The maximum Gasteiger partial charge on any atom is 0.355 e. The Kier molecular flexibility index (Phi) is 4.54. The normalized spacial score (nSPS) is 12.0. The van der Waals surface area contributed by atoms with Crippen LogP contribution in [0.15, 0.2) is 16.5 Å². The van der Waals surface area contributed by atoms with E-state index in [1.165, 1.54) is 0 Å². The van der Waals surface area contributed by atoms with Gasteiger partial charge in [-0.3, -0.25) is 4.79 Å². The van der Waals surface area contributed by atoms with Crippen LogP contribution in [0.2, 0.25) is 0 Å². The number of esters is 1. The summed E-state index contributed by atoms with van der Waals surface area (Å²) in [6.45, 7) is 11.1. The first-order valence-electron chi connectivity index (χ1n) is 7.68. The van der Waals surface area contributed by atoms with Crippen LogP contribution in [-0.4, -0.2) is 28.6 Å². The SMILES string of the molecule is Cc1cc2c(cc(C(=O)OCC(=O)NC(C)(C)C)n2C(C)C)o1. The van der Waals surface area contributed by atoms with E-state index in [1.54, 1.807) is 6.07 Å². The molecule has 0 spiro atoms. The van der Waals surface area contributed by atoms with Gasteiger partial charge in [0.25, 0.3) is 5.91 Å². The van der Waals surface area contributed by atoms with Crippen molar-refractivity contribution < 1.29 is 18.7 Å². The smallest absolute Gasteiger partial charge is 0.355 e. The molecule has 0 aliphatic heterocycles. The molecule has 0 aliphatic carbocycles. The third-order valence-electron chi connectivity index (χ3n) is 3.22. The summed E-state index contributed by atoms with van der Waals surface area (Å²) in [6, 6.07) is 3.61. The highest BCUT2D eigenvalue weighted by molar-refractivity contribution is 5.95. The lowest BCUT2D eigenvalue weighted by Crippen LogP contribution is -2.42. The molecule has 2 heterocycles. The molecule has 0 aromatic carbocycles. The molecule has 2 aromatic rings. The van der Waals surface area contributed by atoms with Crippen LogP contribution in [-0.2, 0) is 9.53 Å². The van der Waals surface area contributed by atoms with Crippen LogP contribution in [0, 0.1) is 6.92 Å². The van der Waals surface area contributed by atoms with E-state index in [9.17, 15) is 9.59 Å². The second kappa shape index (κ2) is 6.10. The number of carbonyl (C=O) groups excluding carboxylic acids is 2. The van der Waals surface area contributed by atoms with E-state index in [0.717, 1.165) is 11.3 Å². The molecule has 2 aromatic heterocycles. The van der Waals surface area contributed by atoms with E-state index in [1.807, 2.05) is 52.2 Å². The van der Waals surface area contributed by atoms with Gasteiger partial charge in [0.05, 0.1) is 5.52 Å². The van der Waals surface area contributed by atoms with Gasteiger partial charge in [-0.05, 0) is 41.5 Å². The van der Waals surface area contributed by atoms with Gasteiger partial charge >= 0.3 is 5.97 Å².